The number of carboxylic acid groups (broad SMARTS) is 1. The quantitative estimate of drug-likeness (QED) is 0.878. The molecule has 0 spiro atoms. The number of rotatable bonds is 2. The molecule has 0 amide bonds. The van der Waals surface area contributed by atoms with Gasteiger partial charge in [0.05, 0.1) is 11.1 Å². The fourth-order valence-corrected chi connectivity index (χ4v) is 2.89. The lowest BCUT2D eigenvalue weighted by molar-refractivity contribution is -0.139. The number of nitrogens with one attached hydrogen (secondary N) is 1. The molecule has 0 saturated carbocycles. The van der Waals surface area contributed by atoms with E-state index in [2.05, 4.69) is 5.32 Å². The Morgan fingerprint density at radius 1 is 1.33 bits per heavy atom. The molecule has 0 aromatic heterocycles. The van der Waals surface area contributed by atoms with Gasteiger partial charge in [0, 0.05) is 17.7 Å². The van der Waals surface area contributed by atoms with Crippen LogP contribution in [0.1, 0.15) is 37.3 Å². The highest BCUT2D eigenvalue weighted by Gasteiger charge is 2.39. The molecular weight excluding hydrogens is 283 g/mol. The second kappa shape index (κ2) is 5.42. The lowest BCUT2D eigenvalue weighted by Crippen LogP contribution is -2.36. The summed E-state index contributed by atoms with van der Waals surface area (Å²) in [6, 6.07) is 5.10. The minimum Gasteiger partial charge on any atom is -0.478 e. The topological polar surface area (TPSA) is 49.3 Å². The van der Waals surface area contributed by atoms with Crippen molar-refractivity contribution in [3.63, 3.8) is 0 Å². The van der Waals surface area contributed by atoms with E-state index in [0.29, 0.717) is 12.1 Å². The van der Waals surface area contributed by atoms with Crippen LogP contribution in [0, 0.1) is 0 Å². The van der Waals surface area contributed by atoms with E-state index in [1.807, 2.05) is 6.92 Å². The van der Waals surface area contributed by atoms with Crippen LogP contribution < -0.4 is 5.32 Å². The molecule has 3 nitrogen and oxygen atoms in total. The van der Waals surface area contributed by atoms with E-state index < -0.39 is 23.6 Å². The monoisotopic (exact) mass is 299 g/mol. The van der Waals surface area contributed by atoms with Crippen LogP contribution in [0.5, 0.6) is 0 Å². The van der Waals surface area contributed by atoms with Gasteiger partial charge in [0.15, 0.2) is 0 Å². The molecule has 0 aliphatic carbocycles. The maximum atomic E-state index is 13.1. The molecule has 1 aliphatic heterocycles. The second-order valence-corrected chi connectivity index (χ2v) is 5.26. The van der Waals surface area contributed by atoms with Crippen LogP contribution >= 0.6 is 0 Å². The summed E-state index contributed by atoms with van der Waals surface area (Å²) in [4.78, 5) is 11.4. The Bertz CT molecular complexity index is 593. The van der Waals surface area contributed by atoms with Crippen molar-refractivity contribution in [3.8, 4) is 0 Å². The Labute approximate surface area is 120 Å². The first-order chi connectivity index (χ1) is 9.71. The Morgan fingerprint density at radius 2 is 1.95 bits per heavy atom. The zero-order valence-electron chi connectivity index (χ0n) is 11.7. The first-order valence-corrected chi connectivity index (χ1v) is 6.58. The third-order valence-electron chi connectivity index (χ3n) is 3.68. The molecule has 2 atom stereocenters. The molecule has 0 saturated heterocycles. The largest absolute Gasteiger partial charge is 0.478 e. The lowest BCUT2D eigenvalue weighted by Gasteiger charge is -2.32. The second-order valence-electron chi connectivity index (χ2n) is 5.26. The smallest absolute Gasteiger partial charge is 0.416 e. The molecule has 21 heavy (non-hydrogen) atoms. The van der Waals surface area contributed by atoms with Gasteiger partial charge < -0.3 is 10.4 Å². The molecule has 0 fully saturated rings. The number of aliphatic carboxylic acids is 1. The summed E-state index contributed by atoms with van der Waals surface area (Å²) in [7, 11) is 0. The molecule has 1 heterocycles. The highest BCUT2D eigenvalue weighted by Crippen LogP contribution is 2.41. The summed E-state index contributed by atoms with van der Waals surface area (Å²) in [5.74, 6) is -1.95. The molecule has 2 unspecified atom stereocenters. The van der Waals surface area contributed by atoms with Crippen molar-refractivity contribution in [2.24, 2.45) is 0 Å². The van der Waals surface area contributed by atoms with Gasteiger partial charge >= 0.3 is 12.1 Å². The first-order valence-electron chi connectivity index (χ1n) is 6.58. The highest BCUT2D eigenvalue weighted by atomic mass is 19.4. The van der Waals surface area contributed by atoms with Crippen molar-refractivity contribution >= 4 is 5.97 Å². The van der Waals surface area contributed by atoms with Crippen molar-refractivity contribution in [2.75, 3.05) is 0 Å². The van der Waals surface area contributed by atoms with Gasteiger partial charge in [-0.15, -0.1) is 0 Å². The SMILES string of the molecule is CC1=C(C(=O)O)C(c2ccccc2C(F)(F)F)CC(C)N1. The van der Waals surface area contributed by atoms with Gasteiger partial charge in [0.1, 0.15) is 0 Å². The summed E-state index contributed by atoms with van der Waals surface area (Å²) in [5.41, 5.74) is -0.321. The summed E-state index contributed by atoms with van der Waals surface area (Å²) in [5, 5.41) is 12.3. The number of carboxylic acids is 1. The number of allylic oxidation sites excluding steroid dienone is 1. The van der Waals surface area contributed by atoms with Gasteiger partial charge in [-0.1, -0.05) is 18.2 Å². The van der Waals surface area contributed by atoms with E-state index in [1.165, 1.54) is 18.2 Å². The van der Waals surface area contributed by atoms with Crippen LogP contribution in [0.4, 0.5) is 13.2 Å². The van der Waals surface area contributed by atoms with Gasteiger partial charge in [-0.05, 0) is 31.9 Å². The predicted molar refractivity (Wildman–Crippen MR) is 71.7 cm³/mol. The van der Waals surface area contributed by atoms with Crippen molar-refractivity contribution < 1.29 is 23.1 Å². The Morgan fingerprint density at radius 3 is 2.52 bits per heavy atom. The molecule has 0 bridgehead atoms. The zero-order valence-corrected chi connectivity index (χ0v) is 11.7. The van der Waals surface area contributed by atoms with Gasteiger partial charge in [-0.2, -0.15) is 13.2 Å². The van der Waals surface area contributed by atoms with Crippen LogP contribution in [0.15, 0.2) is 35.5 Å². The first kappa shape index (κ1) is 15.4. The van der Waals surface area contributed by atoms with Crippen LogP contribution in [0.3, 0.4) is 0 Å². The highest BCUT2D eigenvalue weighted by molar-refractivity contribution is 5.89. The van der Waals surface area contributed by atoms with E-state index in [9.17, 15) is 23.1 Å². The normalized spacial score (nSPS) is 22.9. The van der Waals surface area contributed by atoms with Crippen molar-refractivity contribution in [3.05, 3.63) is 46.7 Å². The minimum absolute atomic E-state index is 0.00444. The van der Waals surface area contributed by atoms with Gasteiger partial charge in [-0.3, -0.25) is 0 Å². The van der Waals surface area contributed by atoms with Crippen LogP contribution in [-0.4, -0.2) is 17.1 Å². The third kappa shape index (κ3) is 3.04. The average molecular weight is 299 g/mol. The van der Waals surface area contributed by atoms with Gasteiger partial charge in [-0.25, -0.2) is 4.79 Å². The van der Waals surface area contributed by atoms with E-state index in [0.717, 1.165) is 6.07 Å². The summed E-state index contributed by atoms with van der Waals surface area (Å²) in [6.07, 6.45) is -4.19. The molecular formula is C15H16F3NO2. The number of halogens is 3. The van der Waals surface area contributed by atoms with Crippen molar-refractivity contribution in [2.45, 2.75) is 38.4 Å². The fraction of sp³-hybridized carbons (Fsp3) is 0.400. The molecule has 1 aromatic rings. The number of hydrogen-bond acceptors (Lipinski definition) is 2. The zero-order chi connectivity index (χ0) is 15.8. The standard InChI is InChI=1S/C15H16F3NO2/c1-8-7-11(13(14(20)21)9(2)19-8)10-5-3-4-6-12(10)15(16,17)18/h3-6,8,11,19H,7H2,1-2H3,(H,20,21). The van der Waals surface area contributed by atoms with Crippen LogP contribution in [0.2, 0.25) is 0 Å². The van der Waals surface area contributed by atoms with Crippen LogP contribution in [0.25, 0.3) is 0 Å². The summed E-state index contributed by atoms with van der Waals surface area (Å²) < 4.78 is 39.4. The lowest BCUT2D eigenvalue weighted by atomic mass is 9.80. The van der Waals surface area contributed by atoms with Crippen molar-refractivity contribution in [1.82, 2.24) is 5.32 Å². The minimum atomic E-state index is -4.50. The number of carbonyl (C=O) groups is 1. The molecule has 1 aliphatic rings. The van der Waals surface area contributed by atoms with Crippen molar-refractivity contribution in [1.29, 1.82) is 0 Å². The van der Waals surface area contributed by atoms with Gasteiger partial charge in [0.25, 0.3) is 0 Å². The van der Waals surface area contributed by atoms with Gasteiger partial charge in [0.2, 0.25) is 0 Å². The molecule has 6 heteroatoms. The Kier molecular flexibility index (Phi) is 3.98. The number of benzene rings is 1. The Balaban J connectivity index is 2.59. The molecule has 1 aromatic carbocycles. The molecule has 2 rings (SSSR count). The maximum absolute atomic E-state index is 13.1. The predicted octanol–water partition coefficient (Wildman–Crippen LogP) is 3.53. The van der Waals surface area contributed by atoms with E-state index in [4.69, 9.17) is 0 Å². The summed E-state index contributed by atoms with van der Waals surface area (Å²) >= 11 is 0. The van der Waals surface area contributed by atoms with E-state index in [-0.39, 0.29) is 17.2 Å². The number of alkyl halides is 3. The fourth-order valence-electron chi connectivity index (χ4n) is 2.89. The average Bonchev–Trinajstić information content (AvgIpc) is 2.36. The summed E-state index contributed by atoms with van der Waals surface area (Å²) in [6.45, 7) is 3.41. The molecule has 114 valence electrons. The number of hydrogen-bond donors (Lipinski definition) is 2. The maximum Gasteiger partial charge on any atom is 0.416 e. The van der Waals surface area contributed by atoms with E-state index >= 15 is 0 Å². The van der Waals surface area contributed by atoms with E-state index in [1.54, 1.807) is 6.92 Å². The Hall–Kier alpha value is -1.98. The van der Waals surface area contributed by atoms with Crippen LogP contribution in [-0.2, 0) is 11.0 Å². The molecule has 2 N–H and O–H groups in total. The third-order valence-corrected chi connectivity index (χ3v) is 3.68. The molecule has 0 radical (unpaired) electrons.